The highest BCUT2D eigenvalue weighted by atomic mass is 19.1. The number of piperidine rings is 1. The highest BCUT2D eigenvalue weighted by Gasteiger charge is 2.29. The first-order valence-corrected chi connectivity index (χ1v) is 7.72. The average molecular weight is 322 g/mol. The minimum atomic E-state index is -0.529. The number of likely N-dealkylation sites (tertiary alicyclic amines) is 1. The molecule has 23 heavy (non-hydrogen) atoms. The lowest BCUT2D eigenvalue weighted by Crippen LogP contribution is -2.43. The summed E-state index contributed by atoms with van der Waals surface area (Å²) in [5, 5.41) is 18.0. The Morgan fingerprint density at radius 1 is 1.35 bits per heavy atom. The van der Waals surface area contributed by atoms with E-state index in [0.717, 1.165) is 6.07 Å². The molecule has 1 heterocycles. The van der Waals surface area contributed by atoms with E-state index < -0.39 is 11.4 Å². The Kier molecular flexibility index (Phi) is 4.92. The van der Waals surface area contributed by atoms with Gasteiger partial charge in [-0.25, -0.2) is 9.18 Å². The topological polar surface area (TPSA) is 73.6 Å². The van der Waals surface area contributed by atoms with Gasteiger partial charge in [-0.05, 0) is 45.7 Å². The van der Waals surface area contributed by atoms with Gasteiger partial charge in [0.25, 0.3) is 0 Å². The van der Waals surface area contributed by atoms with Crippen LogP contribution >= 0.6 is 0 Å². The fourth-order valence-corrected chi connectivity index (χ4v) is 2.63. The number of carbonyl (C=O) groups excluding carboxylic acids is 1. The van der Waals surface area contributed by atoms with Gasteiger partial charge >= 0.3 is 6.09 Å². The van der Waals surface area contributed by atoms with E-state index in [9.17, 15) is 14.3 Å². The van der Waals surface area contributed by atoms with Crippen LogP contribution in [0.3, 0.4) is 0 Å². The number of rotatable bonds is 2. The smallest absolute Gasteiger partial charge is 0.410 e. The van der Waals surface area contributed by atoms with Crippen molar-refractivity contribution in [2.24, 2.45) is 5.92 Å². The van der Waals surface area contributed by atoms with E-state index >= 15 is 0 Å². The second-order valence-electron chi connectivity index (χ2n) is 6.82. The molecule has 1 aliphatic rings. The van der Waals surface area contributed by atoms with Gasteiger partial charge in [-0.1, -0.05) is 0 Å². The second-order valence-corrected chi connectivity index (χ2v) is 6.82. The van der Waals surface area contributed by atoms with Gasteiger partial charge in [0.05, 0.1) is 0 Å². The largest absolute Gasteiger partial charge is 0.507 e. The maximum absolute atomic E-state index is 13.0. The van der Waals surface area contributed by atoms with Crippen LogP contribution in [0.4, 0.5) is 9.18 Å². The molecule has 5 nitrogen and oxygen atoms in total. The Morgan fingerprint density at radius 3 is 2.48 bits per heavy atom. The number of amides is 1. The molecule has 2 rings (SSSR count). The first-order chi connectivity index (χ1) is 10.7. The summed E-state index contributed by atoms with van der Waals surface area (Å²) < 4.78 is 18.4. The number of halogens is 1. The Morgan fingerprint density at radius 2 is 1.96 bits per heavy atom. The third-order valence-electron chi connectivity index (χ3n) is 3.80. The fourth-order valence-electron chi connectivity index (χ4n) is 2.63. The molecule has 0 atom stereocenters. The molecule has 0 bridgehead atoms. The van der Waals surface area contributed by atoms with E-state index in [1.165, 1.54) is 12.1 Å². The van der Waals surface area contributed by atoms with E-state index in [-0.39, 0.29) is 23.5 Å². The van der Waals surface area contributed by atoms with Crippen LogP contribution in [0, 0.1) is 17.1 Å². The van der Waals surface area contributed by atoms with E-state index in [4.69, 9.17) is 10.1 Å². The number of ether oxygens (including phenoxy) is 1. The zero-order valence-corrected chi connectivity index (χ0v) is 13.7. The normalized spacial score (nSPS) is 16.3. The third-order valence-corrected chi connectivity index (χ3v) is 3.80. The number of hydrogen-bond acceptors (Lipinski definition) is 4. The Hall–Kier alpha value is -2.11. The number of aromatic hydroxyl groups is 1. The molecule has 0 aromatic heterocycles. The van der Waals surface area contributed by atoms with Crippen molar-refractivity contribution in [1.29, 1.82) is 5.41 Å². The molecule has 6 heteroatoms. The summed E-state index contributed by atoms with van der Waals surface area (Å²) in [4.78, 5) is 13.7. The van der Waals surface area contributed by atoms with Crippen LogP contribution in [0.5, 0.6) is 5.75 Å². The van der Waals surface area contributed by atoms with Gasteiger partial charge in [0.2, 0.25) is 0 Å². The highest BCUT2D eigenvalue weighted by molar-refractivity contribution is 6.02. The van der Waals surface area contributed by atoms with Crippen molar-refractivity contribution >= 4 is 11.8 Å². The minimum absolute atomic E-state index is 0.0648. The quantitative estimate of drug-likeness (QED) is 0.818. The van der Waals surface area contributed by atoms with Crippen molar-refractivity contribution in [2.45, 2.75) is 39.2 Å². The Labute approximate surface area is 135 Å². The van der Waals surface area contributed by atoms with Crippen LogP contribution in [-0.4, -0.2) is 40.5 Å². The highest BCUT2D eigenvalue weighted by Crippen LogP contribution is 2.27. The number of benzene rings is 1. The molecule has 126 valence electrons. The van der Waals surface area contributed by atoms with Gasteiger partial charge in [0, 0.05) is 36.3 Å². The van der Waals surface area contributed by atoms with Crippen LogP contribution in [0.1, 0.15) is 39.2 Å². The molecule has 0 radical (unpaired) electrons. The van der Waals surface area contributed by atoms with Crippen LogP contribution in [-0.2, 0) is 4.74 Å². The lowest BCUT2D eigenvalue weighted by atomic mass is 9.88. The minimum Gasteiger partial charge on any atom is -0.507 e. The Balaban J connectivity index is 1.96. The standard InChI is InChI=1S/C17H23FN2O3/c1-17(2,3)23-16(22)20-8-6-11(7-9-20)15(19)13-5-4-12(18)10-14(13)21/h4-5,10-11,19,21H,6-9H2,1-3H3. The average Bonchev–Trinajstić information content (AvgIpc) is 2.45. The molecule has 1 saturated heterocycles. The van der Waals surface area contributed by atoms with E-state index in [0.29, 0.717) is 31.5 Å². The van der Waals surface area contributed by atoms with Crippen LogP contribution in [0.2, 0.25) is 0 Å². The van der Waals surface area contributed by atoms with Crippen molar-refractivity contribution < 1.29 is 19.0 Å². The van der Waals surface area contributed by atoms with Gasteiger partial charge in [-0.3, -0.25) is 0 Å². The monoisotopic (exact) mass is 322 g/mol. The van der Waals surface area contributed by atoms with Gasteiger partial charge in [0.1, 0.15) is 17.2 Å². The van der Waals surface area contributed by atoms with E-state index in [1.807, 2.05) is 20.8 Å². The van der Waals surface area contributed by atoms with E-state index in [1.54, 1.807) is 4.90 Å². The number of phenols is 1. The summed E-state index contributed by atoms with van der Waals surface area (Å²) in [7, 11) is 0. The molecule has 1 aromatic rings. The van der Waals surface area contributed by atoms with Gasteiger partial charge < -0.3 is 20.2 Å². The molecule has 1 amide bonds. The maximum Gasteiger partial charge on any atom is 0.410 e. The molecular formula is C17H23FN2O3. The molecule has 0 saturated carbocycles. The Bertz CT molecular complexity index is 602. The number of nitrogens with zero attached hydrogens (tertiary/aromatic N) is 1. The molecule has 0 unspecified atom stereocenters. The molecule has 0 spiro atoms. The van der Waals surface area contributed by atoms with Gasteiger partial charge in [-0.2, -0.15) is 0 Å². The first-order valence-electron chi connectivity index (χ1n) is 7.72. The summed E-state index contributed by atoms with van der Waals surface area (Å²) in [6, 6.07) is 3.67. The molecule has 1 aromatic carbocycles. The lowest BCUT2D eigenvalue weighted by Gasteiger charge is -2.33. The molecule has 1 aliphatic heterocycles. The number of phenolic OH excluding ortho intramolecular Hbond substituents is 1. The number of hydrogen-bond donors (Lipinski definition) is 2. The van der Waals surface area contributed by atoms with Crippen molar-refractivity contribution in [3.63, 3.8) is 0 Å². The van der Waals surface area contributed by atoms with Crippen LogP contribution < -0.4 is 0 Å². The summed E-state index contributed by atoms with van der Waals surface area (Å²) in [5.41, 5.74) is 0.106. The zero-order valence-electron chi connectivity index (χ0n) is 13.7. The second kappa shape index (κ2) is 6.56. The van der Waals surface area contributed by atoms with Gasteiger partial charge in [0.15, 0.2) is 0 Å². The summed E-state index contributed by atoms with van der Waals surface area (Å²) >= 11 is 0. The SMILES string of the molecule is CC(C)(C)OC(=O)N1CCC(C(=N)c2ccc(F)cc2O)CC1. The van der Waals surface area contributed by atoms with Crippen molar-refractivity contribution in [3.8, 4) is 5.75 Å². The van der Waals surface area contributed by atoms with Crippen LogP contribution in [0.15, 0.2) is 18.2 Å². The molecule has 1 fully saturated rings. The summed E-state index contributed by atoms with van der Waals surface area (Å²) in [6.45, 7) is 6.48. The lowest BCUT2D eigenvalue weighted by molar-refractivity contribution is 0.0201. The molecule has 2 N–H and O–H groups in total. The molecular weight excluding hydrogens is 299 g/mol. The summed E-state index contributed by atoms with van der Waals surface area (Å²) in [6.07, 6.45) is 0.899. The van der Waals surface area contributed by atoms with Crippen molar-refractivity contribution in [2.75, 3.05) is 13.1 Å². The number of nitrogens with one attached hydrogen (secondary N) is 1. The van der Waals surface area contributed by atoms with Crippen molar-refractivity contribution in [1.82, 2.24) is 4.90 Å². The maximum atomic E-state index is 13.0. The van der Waals surface area contributed by atoms with Crippen LogP contribution in [0.25, 0.3) is 0 Å². The third kappa shape index (κ3) is 4.43. The first kappa shape index (κ1) is 17.2. The molecule has 0 aliphatic carbocycles. The fraction of sp³-hybridized carbons (Fsp3) is 0.529. The van der Waals surface area contributed by atoms with Crippen molar-refractivity contribution in [3.05, 3.63) is 29.6 Å². The predicted octanol–water partition coefficient (Wildman–Crippen LogP) is 3.55. The zero-order chi connectivity index (χ0) is 17.2. The van der Waals surface area contributed by atoms with E-state index in [2.05, 4.69) is 0 Å². The number of carbonyl (C=O) groups is 1. The summed E-state index contributed by atoms with van der Waals surface area (Å²) in [5.74, 6) is -0.812. The van der Waals surface area contributed by atoms with Gasteiger partial charge in [-0.15, -0.1) is 0 Å². The predicted molar refractivity (Wildman–Crippen MR) is 85.4 cm³/mol.